The van der Waals surface area contributed by atoms with Crippen molar-refractivity contribution in [1.29, 1.82) is 0 Å². The molecule has 1 N–H and O–H groups in total. The highest BCUT2D eigenvalue weighted by atomic mass is 16.3. The van der Waals surface area contributed by atoms with Gasteiger partial charge in [0, 0.05) is 23.6 Å². The Balaban J connectivity index is 1.37. The molecule has 6 rings (SSSR count). The number of hydrogen-bond donors (Lipinski definition) is 1. The molecule has 0 unspecified atom stereocenters. The molecule has 0 radical (unpaired) electrons. The first-order valence-electron chi connectivity index (χ1n) is 9.14. The second-order valence-corrected chi connectivity index (χ2v) is 7.62. The number of hydrogen-bond acceptors (Lipinski definition) is 4. The lowest BCUT2D eigenvalue weighted by molar-refractivity contribution is 0.0217. The van der Waals surface area contributed by atoms with Gasteiger partial charge in [-0.3, -0.25) is 9.69 Å². The van der Waals surface area contributed by atoms with Gasteiger partial charge in [-0.25, -0.2) is 4.98 Å². The van der Waals surface area contributed by atoms with E-state index < -0.39 is 0 Å². The molecule has 1 aliphatic carbocycles. The van der Waals surface area contributed by atoms with E-state index in [2.05, 4.69) is 22.1 Å². The number of benzene rings is 1. The molecular formula is C19H23N3O2. The standard InChI is InChI=1S/C19H23N3O2/c1-11-17(12-6-8-22(11)9-7-12)21-18(23)14-4-5-16-15(10-14)20-19(24-16)13-2-3-13/h4-5,10-13,17H,2-3,6-9H2,1H3,(H,21,23)/t11-,17-/m0/s1. The van der Waals surface area contributed by atoms with Crippen LogP contribution >= 0.6 is 0 Å². The summed E-state index contributed by atoms with van der Waals surface area (Å²) < 4.78 is 5.78. The fourth-order valence-electron chi connectivity index (χ4n) is 4.37. The van der Waals surface area contributed by atoms with Gasteiger partial charge in [-0.1, -0.05) is 0 Å². The Hall–Kier alpha value is -1.88. The number of nitrogens with one attached hydrogen (secondary N) is 1. The summed E-state index contributed by atoms with van der Waals surface area (Å²) in [5.41, 5.74) is 2.26. The van der Waals surface area contributed by atoms with E-state index in [1.807, 2.05) is 18.2 Å². The van der Waals surface area contributed by atoms with E-state index in [0.717, 1.165) is 29.8 Å². The molecule has 1 amide bonds. The van der Waals surface area contributed by atoms with Crippen molar-refractivity contribution in [2.24, 2.45) is 5.92 Å². The van der Waals surface area contributed by atoms with Gasteiger partial charge in [-0.2, -0.15) is 0 Å². The second kappa shape index (κ2) is 5.31. The van der Waals surface area contributed by atoms with Crippen molar-refractivity contribution in [3.05, 3.63) is 29.7 Å². The molecule has 5 heteroatoms. The number of rotatable bonds is 3. The summed E-state index contributed by atoms with van der Waals surface area (Å²) in [4.78, 5) is 19.8. The summed E-state index contributed by atoms with van der Waals surface area (Å²) in [7, 11) is 0. The summed E-state index contributed by atoms with van der Waals surface area (Å²) in [6.45, 7) is 4.58. The number of oxazole rings is 1. The van der Waals surface area contributed by atoms with Crippen molar-refractivity contribution in [3.8, 4) is 0 Å². The predicted octanol–water partition coefficient (Wildman–Crippen LogP) is 2.92. The molecule has 1 saturated carbocycles. The van der Waals surface area contributed by atoms with E-state index in [4.69, 9.17) is 4.42 Å². The van der Waals surface area contributed by atoms with Gasteiger partial charge in [0.25, 0.3) is 5.91 Å². The van der Waals surface area contributed by atoms with Crippen LogP contribution in [0.15, 0.2) is 22.6 Å². The van der Waals surface area contributed by atoms with Crippen molar-refractivity contribution >= 4 is 17.0 Å². The van der Waals surface area contributed by atoms with Gasteiger partial charge in [0.1, 0.15) is 5.52 Å². The number of piperidine rings is 3. The van der Waals surface area contributed by atoms with Crippen LogP contribution in [0.1, 0.15) is 54.8 Å². The zero-order chi connectivity index (χ0) is 16.3. The summed E-state index contributed by atoms with van der Waals surface area (Å²) in [5, 5.41) is 3.28. The minimum Gasteiger partial charge on any atom is -0.440 e. The van der Waals surface area contributed by atoms with E-state index in [1.165, 1.54) is 25.9 Å². The minimum absolute atomic E-state index is 0.0125. The van der Waals surface area contributed by atoms with Gasteiger partial charge in [-0.05, 0) is 69.8 Å². The van der Waals surface area contributed by atoms with E-state index in [-0.39, 0.29) is 11.9 Å². The van der Waals surface area contributed by atoms with Gasteiger partial charge in [0.2, 0.25) is 0 Å². The highest BCUT2D eigenvalue weighted by Gasteiger charge is 2.40. The number of nitrogens with zero attached hydrogens (tertiary/aromatic N) is 2. The number of amides is 1. The fourth-order valence-corrected chi connectivity index (χ4v) is 4.37. The van der Waals surface area contributed by atoms with Crippen molar-refractivity contribution in [2.75, 3.05) is 13.1 Å². The van der Waals surface area contributed by atoms with Crippen LogP contribution in [-0.2, 0) is 0 Å². The summed E-state index contributed by atoms with van der Waals surface area (Å²) in [6.07, 6.45) is 4.72. The van der Waals surface area contributed by atoms with E-state index >= 15 is 0 Å². The molecular weight excluding hydrogens is 302 g/mol. The topological polar surface area (TPSA) is 58.4 Å². The fraction of sp³-hybridized carbons (Fsp3) is 0.579. The van der Waals surface area contributed by atoms with Crippen molar-refractivity contribution in [2.45, 2.75) is 50.6 Å². The largest absolute Gasteiger partial charge is 0.440 e. The molecule has 3 aliphatic heterocycles. The lowest BCUT2D eigenvalue weighted by Crippen LogP contribution is -2.62. The SMILES string of the molecule is C[C@H]1[C@H](NC(=O)c2ccc3oc(C4CC4)nc3c2)C2CCN1CC2. The maximum atomic E-state index is 12.7. The maximum absolute atomic E-state index is 12.7. The highest BCUT2D eigenvalue weighted by Crippen LogP contribution is 2.40. The molecule has 1 aromatic heterocycles. The zero-order valence-electron chi connectivity index (χ0n) is 14.0. The molecule has 2 bridgehead atoms. The van der Waals surface area contributed by atoms with Crippen LogP contribution in [0, 0.1) is 5.92 Å². The van der Waals surface area contributed by atoms with E-state index in [9.17, 15) is 4.79 Å². The summed E-state index contributed by atoms with van der Waals surface area (Å²) in [6, 6.07) is 6.29. The van der Waals surface area contributed by atoms with Crippen molar-refractivity contribution in [3.63, 3.8) is 0 Å². The smallest absolute Gasteiger partial charge is 0.251 e. The molecule has 2 aromatic rings. The van der Waals surface area contributed by atoms with Crippen LogP contribution < -0.4 is 5.32 Å². The molecule has 4 aliphatic rings. The zero-order valence-corrected chi connectivity index (χ0v) is 14.0. The molecule has 2 atom stereocenters. The lowest BCUT2D eigenvalue weighted by Gasteiger charge is -2.49. The van der Waals surface area contributed by atoms with Crippen LogP contribution in [0.5, 0.6) is 0 Å². The average molecular weight is 325 g/mol. The minimum atomic E-state index is 0.0125. The Morgan fingerprint density at radius 3 is 2.75 bits per heavy atom. The molecule has 126 valence electrons. The third kappa shape index (κ3) is 2.34. The molecule has 1 aromatic carbocycles. The average Bonchev–Trinajstić information content (AvgIpc) is 3.37. The Bertz CT molecular complexity index is 785. The van der Waals surface area contributed by atoms with Gasteiger partial charge in [0.15, 0.2) is 11.5 Å². The van der Waals surface area contributed by atoms with Crippen LogP contribution in [0.3, 0.4) is 0 Å². The summed E-state index contributed by atoms with van der Waals surface area (Å²) in [5.74, 6) is 1.95. The molecule has 0 spiro atoms. The number of carbonyl (C=O) groups excluding carboxylic acids is 1. The first kappa shape index (κ1) is 14.5. The normalized spacial score (nSPS) is 32.2. The Labute approximate surface area is 141 Å². The van der Waals surface area contributed by atoms with Crippen LogP contribution in [0.4, 0.5) is 0 Å². The van der Waals surface area contributed by atoms with Crippen LogP contribution in [0.25, 0.3) is 11.1 Å². The Morgan fingerprint density at radius 2 is 2.04 bits per heavy atom. The molecule has 24 heavy (non-hydrogen) atoms. The molecule has 5 nitrogen and oxygen atoms in total. The van der Waals surface area contributed by atoms with E-state index in [1.54, 1.807) is 0 Å². The van der Waals surface area contributed by atoms with Gasteiger partial charge in [0.05, 0.1) is 0 Å². The molecule has 3 saturated heterocycles. The monoisotopic (exact) mass is 325 g/mol. The first-order valence-corrected chi connectivity index (χ1v) is 9.14. The summed E-state index contributed by atoms with van der Waals surface area (Å²) >= 11 is 0. The first-order chi connectivity index (χ1) is 11.7. The van der Waals surface area contributed by atoms with Gasteiger partial charge in [-0.15, -0.1) is 0 Å². The van der Waals surface area contributed by atoms with Crippen LogP contribution in [0.2, 0.25) is 0 Å². The van der Waals surface area contributed by atoms with Crippen LogP contribution in [-0.4, -0.2) is 41.0 Å². The number of carbonyl (C=O) groups is 1. The highest BCUT2D eigenvalue weighted by molar-refractivity contribution is 5.97. The third-order valence-corrected chi connectivity index (χ3v) is 6.07. The maximum Gasteiger partial charge on any atom is 0.251 e. The lowest BCUT2D eigenvalue weighted by atomic mass is 9.79. The van der Waals surface area contributed by atoms with Crippen molar-refractivity contribution < 1.29 is 9.21 Å². The van der Waals surface area contributed by atoms with E-state index in [0.29, 0.717) is 23.4 Å². The van der Waals surface area contributed by atoms with Gasteiger partial charge >= 0.3 is 0 Å². The molecule has 4 fully saturated rings. The second-order valence-electron chi connectivity index (χ2n) is 7.62. The Kier molecular flexibility index (Phi) is 3.20. The predicted molar refractivity (Wildman–Crippen MR) is 91.0 cm³/mol. The Morgan fingerprint density at radius 1 is 1.25 bits per heavy atom. The van der Waals surface area contributed by atoms with Crippen molar-refractivity contribution in [1.82, 2.24) is 15.2 Å². The number of aromatic nitrogens is 1. The molecule has 4 heterocycles. The van der Waals surface area contributed by atoms with Gasteiger partial charge < -0.3 is 9.73 Å². The third-order valence-electron chi connectivity index (χ3n) is 6.07. The number of fused-ring (bicyclic) bond motifs is 4. The quantitative estimate of drug-likeness (QED) is 0.943.